The normalized spacial score (nSPS) is 13.4. The molecule has 0 aliphatic carbocycles. The highest BCUT2D eigenvalue weighted by Gasteiger charge is 2.44. The number of hydrogen-bond donors (Lipinski definition) is 4. The Morgan fingerprint density at radius 2 is 1.19 bits per heavy atom. The van der Waals surface area contributed by atoms with Gasteiger partial charge in [0.2, 0.25) is 23.6 Å². The van der Waals surface area contributed by atoms with Gasteiger partial charge in [-0.2, -0.15) is 0 Å². The number of Topliss-reactive ketones (excluding diaryl/α,β-unsaturated/α-hetero) is 3. The number of terminal acetylenes is 1. The van der Waals surface area contributed by atoms with Gasteiger partial charge in [-0.1, -0.05) is 52.6 Å². The SMILES string of the molecule is C#CCOC[C@H](CC(=O)C(C)(C)NC(=O)C(C)(C)CC(=O)[C@H](CCCN=[N+]=[N-])NC(=O)C(C)(C)CC(=O)C(C)(C)NC(=O)C(C)(C)CC(=O)OC(C)(C)C)C(=O)NC(C)(C)C(=O)OC. The molecular formula is C45H73N7O12. The van der Waals surface area contributed by atoms with Crippen molar-refractivity contribution in [2.45, 2.75) is 171 Å². The number of rotatable bonds is 27. The molecular weight excluding hydrogens is 831 g/mol. The Labute approximate surface area is 378 Å². The summed E-state index contributed by atoms with van der Waals surface area (Å²) in [5.74, 6) is -4.43. The van der Waals surface area contributed by atoms with Crippen molar-refractivity contribution < 1.29 is 57.4 Å². The summed E-state index contributed by atoms with van der Waals surface area (Å²) in [6.45, 7) is 22.4. The van der Waals surface area contributed by atoms with Gasteiger partial charge < -0.3 is 35.5 Å². The molecule has 0 saturated heterocycles. The van der Waals surface area contributed by atoms with Crippen LogP contribution < -0.4 is 21.3 Å². The van der Waals surface area contributed by atoms with Crippen LogP contribution in [0.25, 0.3) is 10.4 Å². The monoisotopic (exact) mass is 904 g/mol. The second-order valence-corrected chi connectivity index (χ2v) is 20.6. The Morgan fingerprint density at radius 1 is 0.688 bits per heavy atom. The van der Waals surface area contributed by atoms with E-state index in [9.17, 15) is 43.2 Å². The topological polar surface area (TPSA) is 278 Å². The van der Waals surface area contributed by atoms with Crippen LogP contribution in [-0.4, -0.2) is 108 Å². The molecule has 0 radical (unpaired) electrons. The number of azide groups is 1. The second-order valence-electron chi connectivity index (χ2n) is 20.6. The fourth-order valence-electron chi connectivity index (χ4n) is 5.97. The third-order valence-corrected chi connectivity index (χ3v) is 10.3. The van der Waals surface area contributed by atoms with E-state index in [-0.39, 0.29) is 45.4 Å². The summed E-state index contributed by atoms with van der Waals surface area (Å²) >= 11 is 0. The third-order valence-electron chi connectivity index (χ3n) is 10.3. The predicted molar refractivity (Wildman–Crippen MR) is 238 cm³/mol. The average Bonchev–Trinajstić information content (AvgIpc) is 3.12. The van der Waals surface area contributed by atoms with E-state index in [1.165, 1.54) is 69.2 Å². The predicted octanol–water partition coefficient (Wildman–Crippen LogP) is 4.37. The van der Waals surface area contributed by atoms with Gasteiger partial charge in [-0.05, 0) is 80.7 Å². The van der Waals surface area contributed by atoms with Crippen LogP contribution in [0, 0.1) is 34.5 Å². The fraction of sp³-hybridized carbons (Fsp3) is 0.756. The van der Waals surface area contributed by atoms with E-state index >= 15 is 0 Å². The quantitative estimate of drug-likeness (QED) is 0.0223. The molecule has 360 valence electrons. The van der Waals surface area contributed by atoms with Gasteiger partial charge in [0, 0.05) is 30.7 Å². The first-order valence-electron chi connectivity index (χ1n) is 21.1. The van der Waals surface area contributed by atoms with Crippen LogP contribution in [0.4, 0.5) is 0 Å². The van der Waals surface area contributed by atoms with Gasteiger partial charge in [-0.3, -0.25) is 38.4 Å². The minimum atomic E-state index is -1.57. The summed E-state index contributed by atoms with van der Waals surface area (Å²) < 4.78 is 15.5. The number of amides is 4. The molecule has 0 aromatic carbocycles. The summed E-state index contributed by atoms with van der Waals surface area (Å²) in [7, 11) is 1.16. The molecule has 4 N–H and O–H groups in total. The van der Waals surface area contributed by atoms with Crippen molar-refractivity contribution in [1.82, 2.24) is 21.3 Å². The largest absolute Gasteiger partial charge is 0.467 e. The highest BCUT2D eigenvalue weighted by molar-refractivity contribution is 6.00. The van der Waals surface area contributed by atoms with Gasteiger partial charge in [0.15, 0.2) is 17.3 Å². The Hall–Kier alpha value is -5.34. The number of hydrogen-bond acceptors (Lipinski definition) is 13. The molecule has 0 aliphatic heterocycles. The van der Waals surface area contributed by atoms with Crippen LogP contribution in [0.15, 0.2) is 5.11 Å². The molecule has 19 heteroatoms. The molecule has 0 saturated carbocycles. The number of nitrogens with one attached hydrogen (secondary N) is 4. The molecule has 0 spiro atoms. The van der Waals surface area contributed by atoms with E-state index < -0.39 is 116 Å². The van der Waals surface area contributed by atoms with Crippen molar-refractivity contribution in [3.05, 3.63) is 10.4 Å². The van der Waals surface area contributed by atoms with Crippen LogP contribution in [0.5, 0.6) is 0 Å². The second kappa shape index (κ2) is 23.5. The van der Waals surface area contributed by atoms with E-state index in [0.29, 0.717) is 0 Å². The van der Waals surface area contributed by atoms with Crippen molar-refractivity contribution in [3.8, 4) is 12.3 Å². The summed E-state index contributed by atoms with van der Waals surface area (Å²) in [4.78, 5) is 123. The Balaban J connectivity index is 6.14. The molecule has 0 heterocycles. The van der Waals surface area contributed by atoms with Gasteiger partial charge in [-0.15, -0.1) is 6.42 Å². The van der Waals surface area contributed by atoms with E-state index in [1.807, 2.05) is 0 Å². The molecule has 0 aromatic heterocycles. The minimum absolute atomic E-state index is 0.00332. The number of methoxy groups -OCH3 is 1. The zero-order valence-corrected chi connectivity index (χ0v) is 40.8. The number of carbonyl (C=O) groups is 9. The van der Waals surface area contributed by atoms with E-state index in [0.717, 1.165) is 7.11 Å². The molecule has 19 nitrogen and oxygen atoms in total. The van der Waals surface area contributed by atoms with Gasteiger partial charge >= 0.3 is 11.9 Å². The minimum Gasteiger partial charge on any atom is -0.467 e. The van der Waals surface area contributed by atoms with E-state index in [2.05, 4.69) is 37.2 Å². The van der Waals surface area contributed by atoms with Crippen LogP contribution in [0.3, 0.4) is 0 Å². The number of carbonyl (C=O) groups excluding carboxylic acids is 9. The smallest absolute Gasteiger partial charge is 0.330 e. The molecule has 4 amide bonds. The van der Waals surface area contributed by atoms with Crippen molar-refractivity contribution in [3.63, 3.8) is 0 Å². The van der Waals surface area contributed by atoms with Gasteiger partial charge in [-0.25, -0.2) is 4.79 Å². The zero-order chi connectivity index (χ0) is 50.3. The average molecular weight is 904 g/mol. The third kappa shape index (κ3) is 19.6. The summed E-state index contributed by atoms with van der Waals surface area (Å²) in [5, 5.41) is 14.1. The standard InChI is InChI=1S/C45H73N7O12/c1-18-22-63-27-28(34(57)49-45(15,16)38(61)62-17)23-31(54)43(11,12)50-36(59)40(5,6)24-30(53)29(20-19-21-47-52-46)48-35(58)41(7,8)25-32(55)44(13,14)51-37(60)42(9,10)26-33(56)64-39(2,3)4/h1,28-29H,19-27H2,2-17H3,(H,48,58)(H,49,57)(H,50,59)(H,51,60)/t28-,29-/m0/s1. The molecule has 0 unspecified atom stereocenters. The summed E-state index contributed by atoms with van der Waals surface area (Å²) in [6.07, 6.45) is 4.03. The van der Waals surface area contributed by atoms with Crippen molar-refractivity contribution in [2.24, 2.45) is 27.3 Å². The molecule has 2 atom stereocenters. The molecule has 0 aromatic rings. The van der Waals surface area contributed by atoms with Crippen LogP contribution in [-0.2, 0) is 57.4 Å². The van der Waals surface area contributed by atoms with Crippen molar-refractivity contribution in [1.29, 1.82) is 0 Å². The van der Waals surface area contributed by atoms with Gasteiger partial charge in [0.1, 0.15) is 17.7 Å². The first kappa shape index (κ1) is 58.7. The number of ketones is 3. The summed E-state index contributed by atoms with van der Waals surface area (Å²) in [6, 6.07) is -1.18. The van der Waals surface area contributed by atoms with Crippen molar-refractivity contribution in [2.75, 3.05) is 26.9 Å². The maximum atomic E-state index is 14.0. The maximum Gasteiger partial charge on any atom is 0.330 e. The number of nitrogens with zero attached hydrogens (tertiary/aromatic N) is 3. The lowest BCUT2D eigenvalue weighted by molar-refractivity contribution is -0.159. The van der Waals surface area contributed by atoms with Gasteiger partial charge in [0.05, 0.1) is 59.4 Å². The van der Waals surface area contributed by atoms with E-state index in [1.54, 1.807) is 34.6 Å². The Kier molecular flexibility index (Phi) is 21.6. The summed E-state index contributed by atoms with van der Waals surface area (Å²) in [5.41, 5.74) is -0.556. The maximum absolute atomic E-state index is 14.0. The molecule has 0 rings (SSSR count). The molecule has 64 heavy (non-hydrogen) atoms. The van der Waals surface area contributed by atoms with Crippen LogP contribution in [0.1, 0.15) is 142 Å². The molecule has 0 fully saturated rings. The lowest BCUT2D eigenvalue weighted by atomic mass is 9.79. The fourth-order valence-corrected chi connectivity index (χ4v) is 5.97. The van der Waals surface area contributed by atoms with E-state index in [4.69, 9.17) is 26.2 Å². The first-order valence-corrected chi connectivity index (χ1v) is 21.1. The zero-order valence-electron chi connectivity index (χ0n) is 40.8. The van der Waals surface area contributed by atoms with Crippen LogP contribution >= 0.6 is 0 Å². The molecule has 0 aliphatic rings. The molecule has 0 bridgehead atoms. The Bertz CT molecular complexity index is 1840. The highest BCUT2D eigenvalue weighted by atomic mass is 16.6. The lowest BCUT2D eigenvalue weighted by Crippen LogP contribution is -2.56. The number of ether oxygens (including phenoxy) is 3. The highest BCUT2D eigenvalue weighted by Crippen LogP contribution is 2.29. The Morgan fingerprint density at radius 3 is 1.67 bits per heavy atom. The van der Waals surface area contributed by atoms with Gasteiger partial charge in [0.25, 0.3) is 0 Å². The first-order chi connectivity index (χ1) is 28.9. The van der Waals surface area contributed by atoms with Crippen LogP contribution in [0.2, 0.25) is 0 Å². The lowest BCUT2D eigenvalue weighted by Gasteiger charge is -2.34. The number of esters is 2. The van der Waals surface area contributed by atoms with Crippen molar-refractivity contribution >= 4 is 52.9 Å².